The van der Waals surface area contributed by atoms with Crippen LogP contribution >= 0.6 is 0 Å². The van der Waals surface area contributed by atoms with Gasteiger partial charge in [-0.25, -0.2) is 4.79 Å². The van der Waals surface area contributed by atoms with Crippen molar-refractivity contribution in [1.29, 1.82) is 0 Å². The number of hydrogen-bond acceptors (Lipinski definition) is 26. The summed E-state index contributed by atoms with van der Waals surface area (Å²) in [7, 11) is 4.63. The summed E-state index contributed by atoms with van der Waals surface area (Å²) in [6.07, 6.45) is -18.5. The molecule has 26 nitrogen and oxygen atoms in total. The van der Waals surface area contributed by atoms with Crippen LogP contribution < -0.4 is 0 Å². The quantitative estimate of drug-likeness (QED) is 0.0507. The monoisotopic (exact) mass is 1270 g/mol. The van der Waals surface area contributed by atoms with Crippen molar-refractivity contribution in [2.75, 3.05) is 34.5 Å². The minimum Gasteiger partial charge on any atom is -0.458 e. The lowest BCUT2D eigenvalue weighted by atomic mass is 9.42. The third kappa shape index (κ3) is 12.5. The van der Waals surface area contributed by atoms with Gasteiger partial charge in [-0.05, 0) is 96.6 Å². The summed E-state index contributed by atoms with van der Waals surface area (Å²) in [5.74, 6) is -1.89. The van der Waals surface area contributed by atoms with E-state index in [1.54, 1.807) is 34.1 Å². The number of ketones is 1. The summed E-state index contributed by atoms with van der Waals surface area (Å²) < 4.78 is 86.7. The fourth-order valence-electron chi connectivity index (χ4n) is 16.3. The number of fused-ring (bicyclic) bond motifs is 5. The van der Waals surface area contributed by atoms with E-state index in [2.05, 4.69) is 6.92 Å². The van der Waals surface area contributed by atoms with E-state index in [0.29, 0.717) is 25.7 Å². The summed E-state index contributed by atoms with van der Waals surface area (Å²) in [4.78, 5) is 27.0. The lowest BCUT2D eigenvalue weighted by molar-refractivity contribution is -0.376. The van der Waals surface area contributed by atoms with Crippen LogP contribution in [0.3, 0.4) is 0 Å². The highest BCUT2D eigenvalue weighted by molar-refractivity contribution is 5.89. The Balaban J connectivity index is 0.728. The Bertz CT molecular complexity index is 2630. The Kier molecular flexibility index (Phi) is 21.1. The Labute approximate surface area is 518 Å². The molecule has 0 aromatic heterocycles. The van der Waals surface area contributed by atoms with Gasteiger partial charge in [0.2, 0.25) is 0 Å². The van der Waals surface area contributed by atoms with Gasteiger partial charge < -0.3 is 117 Å². The highest BCUT2D eigenvalue weighted by Gasteiger charge is 2.81. The summed E-state index contributed by atoms with van der Waals surface area (Å²) >= 11 is 0. The van der Waals surface area contributed by atoms with Gasteiger partial charge in [-0.1, -0.05) is 48.9 Å². The highest BCUT2D eigenvalue weighted by Crippen LogP contribution is 2.71. The van der Waals surface area contributed by atoms with E-state index in [1.807, 2.05) is 50.3 Å². The first-order chi connectivity index (χ1) is 42.2. The molecule has 3 saturated carbocycles. The fourth-order valence-corrected chi connectivity index (χ4v) is 16.3. The molecule has 89 heavy (non-hydrogen) atoms. The number of Topliss-reactive ketones (excluding diaryl/α,β-unsaturated/α-hetero) is 1. The maximum absolute atomic E-state index is 13.7. The van der Waals surface area contributed by atoms with Crippen LogP contribution in [-0.4, -0.2) is 262 Å². The van der Waals surface area contributed by atoms with Crippen molar-refractivity contribution in [3.8, 4) is 0 Å². The Morgan fingerprint density at radius 2 is 1.13 bits per heavy atom. The van der Waals surface area contributed by atoms with E-state index in [4.69, 9.17) is 66.3 Å². The number of ether oxygens (including phenoxy) is 14. The number of aliphatic hydroxyl groups is 10. The molecule has 10 rings (SSSR count). The molecule has 5 aliphatic heterocycles. The van der Waals surface area contributed by atoms with Gasteiger partial charge >= 0.3 is 5.97 Å². The second kappa shape index (κ2) is 27.3. The highest BCUT2D eigenvalue weighted by atomic mass is 16.8. The van der Waals surface area contributed by atoms with E-state index in [9.17, 15) is 60.7 Å². The summed E-state index contributed by atoms with van der Waals surface area (Å²) in [5.41, 5.74) is -6.47. The number of carbonyl (C=O) groups is 2. The molecule has 8 fully saturated rings. The molecule has 0 bridgehead atoms. The second-order valence-electron chi connectivity index (χ2n) is 26.4. The van der Waals surface area contributed by atoms with Crippen LogP contribution in [0.1, 0.15) is 111 Å². The third-order valence-electron chi connectivity index (χ3n) is 21.6. The van der Waals surface area contributed by atoms with Crippen LogP contribution in [0.15, 0.2) is 48.1 Å². The Morgan fingerprint density at radius 1 is 0.618 bits per heavy atom. The fraction of sp³-hybridized carbons (Fsp3) is 0.810. The van der Waals surface area contributed by atoms with E-state index in [0.717, 1.165) is 11.1 Å². The van der Waals surface area contributed by atoms with Crippen molar-refractivity contribution in [3.63, 3.8) is 0 Å². The maximum atomic E-state index is 13.7. The molecule has 4 aliphatic carbocycles. The van der Waals surface area contributed by atoms with Gasteiger partial charge in [-0.3, -0.25) is 4.79 Å². The number of benzene rings is 1. The molecule has 0 amide bonds. The normalized spacial score (nSPS) is 49.3. The van der Waals surface area contributed by atoms with Crippen molar-refractivity contribution in [3.05, 3.63) is 53.6 Å². The molecule has 0 spiro atoms. The molecule has 30 atom stereocenters. The largest absolute Gasteiger partial charge is 0.458 e. The topological polar surface area (TPSA) is 366 Å². The minimum atomic E-state index is -2.07. The number of methoxy groups -OCH3 is 3. The lowest BCUT2D eigenvalue weighted by Crippen LogP contribution is -2.78. The van der Waals surface area contributed by atoms with Crippen molar-refractivity contribution < 1.29 is 127 Å². The number of esters is 1. The first-order valence-electron chi connectivity index (χ1n) is 31.3. The zero-order valence-corrected chi connectivity index (χ0v) is 52.0. The van der Waals surface area contributed by atoms with Crippen molar-refractivity contribution in [1.82, 2.24) is 0 Å². The summed E-state index contributed by atoms with van der Waals surface area (Å²) in [5, 5.41) is 112. The van der Waals surface area contributed by atoms with Gasteiger partial charge in [0.1, 0.15) is 90.1 Å². The van der Waals surface area contributed by atoms with Gasteiger partial charge in [0.25, 0.3) is 0 Å². The molecule has 0 unspecified atom stereocenters. The minimum absolute atomic E-state index is 0.0511. The van der Waals surface area contributed by atoms with Crippen LogP contribution in [-0.2, 0) is 75.9 Å². The molecular formula is C63H94O26. The van der Waals surface area contributed by atoms with Crippen molar-refractivity contribution in [2.24, 2.45) is 16.7 Å². The molecule has 1 aromatic rings. The van der Waals surface area contributed by atoms with Crippen LogP contribution in [0.4, 0.5) is 0 Å². The maximum Gasteiger partial charge on any atom is 0.331 e. The summed E-state index contributed by atoms with van der Waals surface area (Å²) in [6, 6.07) is 9.23. The van der Waals surface area contributed by atoms with Gasteiger partial charge in [0, 0.05) is 52.6 Å². The molecule has 10 N–H and O–H groups in total. The van der Waals surface area contributed by atoms with E-state index in [-0.39, 0.29) is 44.6 Å². The third-order valence-corrected chi connectivity index (χ3v) is 21.6. The van der Waals surface area contributed by atoms with Crippen LogP contribution in [0.5, 0.6) is 0 Å². The molecule has 0 radical (unpaired) electrons. The number of aliphatic hydroxyl groups excluding tert-OH is 7. The molecule has 9 aliphatic rings. The van der Waals surface area contributed by atoms with Gasteiger partial charge in [-0.15, -0.1) is 0 Å². The van der Waals surface area contributed by atoms with E-state index >= 15 is 0 Å². The van der Waals surface area contributed by atoms with Crippen LogP contribution in [0, 0.1) is 16.7 Å². The molecule has 5 saturated heterocycles. The number of hydrogen-bond donors (Lipinski definition) is 10. The number of rotatable bonds is 19. The number of carbonyl (C=O) groups excluding carboxylic acids is 2. The second-order valence-corrected chi connectivity index (χ2v) is 26.4. The smallest absolute Gasteiger partial charge is 0.331 e. The van der Waals surface area contributed by atoms with E-state index in [1.165, 1.54) is 20.1 Å². The molecule has 5 heterocycles. The standard InChI is InChI=1S/C63H94O26/c1-30-53(86-46-25-38(77-8)54(31(2)80-46)87-47-26-39(78-9)55(32(3)81-47)88-58-52(72)50(70)56(41(29-65)84-58)89-57-51(71)49(69)48(68)40(28-64)83-57)37(76-7)24-45(79-30)82-36-18-19-59(5)35(23-36)17-20-62(74)42(59)27-43(85-44(67)16-15-34-13-11-10-12-14-34)60(6)61(73,33(4)66)21-22-63(60,62)75/h10-17,30-32,36-43,45-58,64-65,68-75H,18-29H2,1-9H3/b16-15+/t30-,31-,32-,36+,37+,38+,39-,40-,41-,42+,43-,45+,46+,47+,48-,49+,50-,51-,52-,53-,54-,55-,56-,57+,58+,59+,60-,61-,62+,63-/m1/s1. The van der Waals surface area contributed by atoms with Crippen LogP contribution in [0.2, 0.25) is 0 Å². The SMILES string of the molecule is CO[C@H]1C[C@H](O[C@H]2CC[C@@]3(C)C(=CC[C@]4(O)[C@H]3C[C@@H](OC(=O)/C=C/c3ccccc3)[C@@]3(C)[C@]4(O)CC[C@@]3(O)C(C)=O)C2)O[C@H](C)[C@H]1O[C@H]1C[C@H](OC)[C@H](O[C@H]2C[C@@H](OC)[C@H](O[C@@H]3O[C@H](CO)[C@@H](O[C@@H]4O[C@H](CO)[C@@H](O)[C@H](O)[C@H]4O)[C@H](O)[C@H]3O)[C@@H](C)O2)[C@@H](C)O1. The predicted molar refractivity (Wildman–Crippen MR) is 306 cm³/mol. The zero-order chi connectivity index (χ0) is 64.3. The zero-order valence-electron chi connectivity index (χ0n) is 52.0. The predicted octanol–water partition coefficient (Wildman–Crippen LogP) is 0.349. The molecule has 1 aromatic carbocycles. The lowest BCUT2D eigenvalue weighted by Gasteiger charge is -2.67. The Morgan fingerprint density at radius 3 is 1.67 bits per heavy atom. The van der Waals surface area contributed by atoms with Crippen molar-refractivity contribution in [2.45, 2.75) is 270 Å². The van der Waals surface area contributed by atoms with Gasteiger partial charge in [0.05, 0.1) is 61.4 Å². The first-order valence-corrected chi connectivity index (χ1v) is 31.3. The van der Waals surface area contributed by atoms with Gasteiger partial charge in [-0.2, -0.15) is 0 Å². The van der Waals surface area contributed by atoms with Crippen LogP contribution in [0.25, 0.3) is 6.08 Å². The summed E-state index contributed by atoms with van der Waals surface area (Å²) in [6.45, 7) is 8.87. The van der Waals surface area contributed by atoms with Gasteiger partial charge in [0.15, 0.2) is 37.2 Å². The average Bonchev–Trinajstić information content (AvgIpc) is 1.62. The molecule has 26 heteroatoms. The Hall–Kier alpha value is -3.08. The first kappa shape index (κ1) is 68.8. The molecular weight excluding hydrogens is 1170 g/mol. The van der Waals surface area contributed by atoms with E-state index < -0.39 is 200 Å². The average molecular weight is 1270 g/mol. The molecule has 502 valence electrons. The van der Waals surface area contributed by atoms with Crippen molar-refractivity contribution >= 4 is 17.8 Å².